The van der Waals surface area contributed by atoms with Gasteiger partial charge in [-0.1, -0.05) is 34.2 Å². The molecule has 0 N–H and O–H groups in total. The van der Waals surface area contributed by atoms with E-state index in [1.54, 1.807) is 12.2 Å². The minimum Gasteiger partial charge on any atom is -0.290 e. The zero-order valence-corrected chi connectivity index (χ0v) is 7.37. The highest BCUT2D eigenvalue weighted by Gasteiger charge is 2.14. The van der Waals surface area contributed by atoms with Gasteiger partial charge in [0.25, 0.3) is 0 Å². The lowest BCUT2D eigenvalue weighted by atomic mass is 10.1. The molecule has 0 heterocycles. The Morgan fingerprint density at radius 1 is 1.36 bits per heavy atom. The number of carbonyl (C=O) groups excluding carboxylic acids is 2. The van der Waals surface area contributed by atoms with Crippen molar-refractivity contribution < 1.29 is 9.59 Å². The topological polar surface area (TPSA) is 34.1 Å². The van der Waals surface area contributed by atoms with E-state index in [2.05, 4.69) is 15.9 Å². The van der Waals surface area contributed by atoms with Crippen molar-refractivity contribution >= 4 is 27.5 Å². The van der Waals surface area contributed by atoms with E-state index in [-0.39, 0.29) is 17.0 Å². The SMILES string of the molecule is O=C1C=CC=CC(Br)CC1=O. The van der Waals surface area contributed by atoms with Crippen LogP contribution in [0.15, 0.2) is 24.3 Å². The third-order valence-corrected chi connectivity index (χ3v) is 1.96. The Balaban J connectivity index is 2.80. The van der Waals surface area contributed by atoms with E-state index in [1.165, 1.54) is 6.08 Å². The summed E-state index contributed by atoms with van der Waals surface area (Å²) in [6.45, 7) is 0. The molecule has 2 nitrogen and oxygen atoms in total. The van der Waals surface area contributed by atoms with Gasteiger partial charge < -0.3 is 0 Å². The number of Topliss-reactive ketones (excluding diaryl/α,β-unsaturated/α-hetero) is 1. The molecule has 58 valence electrons. The quantitative estimate of drug-likeness (QED) is 0.452. The van der Waals surface area contributed by atoms with Crippen LogP contribution in [0.3, 0.4) is 0 Å². The Morgan fingerprint density at radius 3 is 2.82 bits per heavy atom. The Hall–Kier alpha value is -0.700. The highest BCUT2D eigenvalue weighted by atomic mass is 79.9. The second-order valence-corrected chi connectivity index (χ2v) is 3.43. The summed E-state index contributed by atoms with van der Waals surface area (Å²) in [5.74, 6) is -0.758. The lowest BCUT2D eigenvalue weighted by Crippen LogP contribution is -2.15. The molecule has 0 bridgehead atoms. The normalized spacial score (nSPS) is 25.0. The fraction of sp³-hybridized carbons (Fsp3) is 0.250. The van der Waals surface area contributed by atoms with Crippen LogP contribution in [0.25, 0.3) is 0 Å². The van der Waals surface area contributed by atoms with E-state index in [0.717, 1.165) is 0 Å². The van der Waals surface area contributed by atoms with E-state index in [1.807, 2.05) is 6.08 Å². The summed E-state index contributed by atoms with van der Waals surface area (Å²) < 4.78 is 0. The number of hydrogen-bond donors (Lipinski definition) is 0. The van der Waals surface area contributed by atoms with Crippen LogP contribution in [0.1, 0.15) is 6.42 Å². The van der Waals surface area contributed by atoms with Crippen molar-refractivity contribution in [2.24, 2.45) is 0 Å². The number of alkyl halides is 1. The van der Waals surface area contributed by atoms with Crippen LogP contribution < -0.4 is 0 Å². The van der Waals surface area contributed by atoms with Gasteiger partial charge in [0.1, 0.15) is 0 Å². The molecule has 11 heavy (non-hydrogen) atoms. The van der Waals surface area contributed by atoms with Crippen molar-refractivity contribution in [1.29, 1.82) is 0 Å². The van der Waals surface area contributed by atoms with Crippen molar-refractivity contribution in [3.8, 4) is 0 Å². The molecule has 1 atom stereocenters. The van der Waals surface area contributed by atoms with E-state index < -0.39 is 5.78 Å². The zero-order chi connectivity index (χ0) is 8.27. The third-order valence-electron chi connectivity index (χ3n) is 1.33. The molecule has 0 aromatic carbocycles. The van der Waals surface area contributed by atoms with E-state index in [0.29, 0.717) is 0 Å². The Labute approximate surface area is 73.1 Å². The maximum atomic E-state index is 10.9. The van der Waals surface area contributed by atoms with Crippen LogP contribution in [-0.4, -0.2) is 16.4 Å². The average molecular weight is 215 g/mol. The van der Waals surface area contributed by atoms with Crippen LogP contribution in [0.5, 0.6) is 0 Å². The molecule has 1 unspecified atom stereocenters. The van der Waals surface area contributed by atoms with Crippen molar-refractivity contribution in [1.82, 2.24) is 0 Å². The van der Waals surface area contributed by atoms with Gasteiger partial charge in [-0.15, -0.1) is 0 Å². The first-order valence-corrected chi connectivity index (χ1v) is 4.18. The largest absolute Gasteiger partial charge is 0.290 e. The van der Waals surface area contributed by atoms with Gasteiger partial charge in [-0.25, -0.2) is 0 Å². The fourth-order valence-corrected chi connectivity index (χ4v) is 1.24. The van der Waals surface area contributed by atoms with Crippen LogP contribution in [-0.2, 0) is 9.59 Å². The van der Waals surface area contributed by atoms with Gasteiger partial charge in [-0.05, 0) is 6.08 Å². The summed E-state index contributed by atoms with van der Waals surface area (Å²) in [6.07, 6.45) is 6.70. The first kappa shape index (κ1) is 8.40. The van der Waals surface area contributed by atoms with Crippen LogP contribution >= 0.6 is 15.9 Å². The van der Waals surface area contributed by atoms with Crippen molar-refractivity contribution in [2.45, 2.75) is 11.2 Å². The highest BCUT2D eigenvalue weighted by Crippen LogP contribution is 2.09. The molecule has 0 saturated heterocycles. The number of hydrogen-bond acceptors (Lipinski definition) is 2. The molecule has 0 saturated carbocycles. The van der Waals surface area contributed by atoms with Gasteiger partial charge in [0.2, 0.25) is 11.6 Å². The summed E-state index contributed by atoms with van der Waals surface area (Å²) in [6, 6.07) is 0. The minimum atomic E-state index is -0.418. The van der Waals surface area contributed by atoms with Crippen molar-refractivity contribution in [3.63, 3.8) is 0 Å². The smallest absolute Gasteiger partial charge is 0.221 e. The minimum absolute atomic E-state index is 0.0103. The Kier molecular flexibility index (Phi) is 2.76. The van der Waals surface area contributed by atoms with Gasteiger partial charge in [0.05, 0.1) is 0 Å². The second kappa shape index (κ2) is 3.62. The van der Waals surface area contributed by atoms with Gasteiger partial charge in [-0.3, -0.25) is 9.59 Å². The predicted molar refractivity (Wildman–Crippen MR) is 45.6 cm³/mol. The van der Waals surface area contributed by atoms with Crippen LogP contribution in [0, 0.1) is 0 Å². The summed E-state index contributed by atoms with van der Waals surface area (Å²) in [5.41, 5.74) is 0. The van der Waals surface area contributed by atoms with E-state index in [9.17, 15) is 9.59 Å². The molecule has 3 heteroatoms. The van der Waals surface area contributed by atoms with E-state index in [4.69, 9.17) is 0 Å². The molecule has 1 aliphatic carbocycles. The lowest BCUT2D eigenvalue weighted by Gasteiger charge is -2.02. The molecule has 0 amide bonds. The van der Waals surface area contributed by atoms with Gasteiger partial charge in [0.15, 0.2) is 0 Å². The number of carbonyl (C=O) groups is 2. The lowest BCUT2D eigenvalue weighted by molar-refractivity contribution is -0.133. The molecule has 1 aliphatic rings. The molecule has 0 spiro atoms. The number of allylic oxidation sites excluding steroid dienone is 4. The monoisotopic (exact) mass is 214 g/mol. The van der Waals surface area contributed by atoms with Gasteiger partial charge >= 0.3 is 0 Å². The molecule has 0 aromatic heterocycles. The van der Waals surface area contributed by atoms with Crippen LogP contribution in [0.4, 0.5) is 0 Å². The highest BCUT2D eigenvalue weighted by molar-refractivity contribution is 9.09. The first-order chi connectivity index (χ1) is 5.20. The number of halogens is 1. The van der Waals surface area contributed by atoms with Crippen LogP contribution in [0.2, 0.25) is 0 Å². The van der Waals surface area contributed by atoms with E-state index >= 15 is 0 Å². The molecule has 0 aromatic rings. The summed E-state index contributed by atoms with van der Waals surface area (Å²) in [5, 5.41) is 0. The molecular formula is C8H7BrO2. The average Bonchev–Trinajstić information content (AvgIpc) is 1.95. The predicted octanol–water partition coefficient (Wildman–Crippen LogP) is 1.40. The fourth-order valence-electron chi connectivity index (χ4n) is 0.766. The maximum absolute atomic E-state index is 10.9. The standard InChI is InChI=1S/C8H7BrO2/c9-6-3-1-2-4-7(10)8(11)5-6/h1-4,6H,5H2. The second-order valence-electron chi connectivity index (χ2n) is 2.25. The van der Waals surface area contributed by atoms with Crippen molar-refractivity contribution in [2.75, 3.05) is 0 Å². The molecule has 0 aliphatic heterocycles. The Morgan fingerprint density at radius 2 is 2.09 bits per heavy atom. The number of ketones is 2. The zero-order valence-electron chi connectivity index (χ0n) is 5.79. The molecular weight excluding hydrogens is 208 g/mol. The summed E-state index contributed by atoms with van der Waals surface area (Å²) in [7, 11) is 0. The first-order valence-electron chi connectivity index (χ1n) is 3.26. The molecule has 0 radical (unpaired) electrons. The number of rotatable bonds is 0. The molecule has 1 rings (SSSR count). The molecule has 0 fully saturated rings. The van der Waals surface area contributed by atoms with Gasteiger partial charge in [0, 0.05) is 11.2 Å². The Bertz CT molecular complexity index is 240. The summed E-state index contributed by atoms with van der Waals surface area (Å²) in [4.78, 5) is 21.7. The van der Waals surface area contributed by atoms with Crippen molar-refractivity contribution in [3.05, 3.63) is 24.3 Å². The maximum Gasteiger partial charge on any atom is 0.221 e. The summed E-state index contributed by atoms with van der Waals surface area (Å²) >= 11 is 3.25. The van der Waals surface area contributed by atoms with Gasteiger partial charge in [-0.2, -0.15) is 0 Å². The third kappa shape index (κ3) is 2.42.